The molecule has 1 aromatic rings. The van der Waals surface area contributed by atoms with E-state index in [0.29, 0.717) is 30.5 Å². The van der Waals surface area contributed by atoms with Gasteiger partial charge in [0, 0.05) is 17.6 Å². The Morgan fingerprint density at radius 3 is 2.33 bits per heavy atom. The van der Waals surface area contributed by atoms with Gasteiger partial charge in [-0.2, -0.15) is 0 Å². The number of Topliss-reactive ketones (excluding diaryl/α,β-unsaturated/α-hetero) is 1. The summed E-state index contributed by atoms with van der Waals surface area (Å²) in [6.45, 7) is 0. The van der Waals surface area contributed by atoms with Gasteiger partial charge in [0.1, 0.15) is 5.60 Å². The number of carbonyl (C=O) groups excluding carboxylic acids is 1. The molecular formula is C15H19NO2. The lowest BCUT2D eigenvalue weighted by Gasteiger charge is -2.41. The number of hydrogen-bond acceptors (Lipinski definition) is 3. The second-order valence-electron chi connectivity index (χ2n) is 5.69. The summed E-state index contributed by atoms with van der Waals surface area (Å²) < 4.78 is 0. The number of nitrogens with zero attached hydrogens (tertiary/aromatic N) is 1. The van der Waals surface area contributed by atoms with Gasteiger partial charge in [0.15, 0.2) is 5.78 Å². The first-order valence-corrected chi connectivity index (χ1v) is 6.64. The molecule has 2 fully saturated rings. The smallest absolute Gasteiger partial charge is 0.194 e. The summed E-state index contributed by atoms with van der Waals surface area (Å²) in [5, 5.41) is 10.7. The van der Waals surface area contributed by atoms with Crippen LogP contribution in [0.4, 0.5) is 0 Å². The summed E-state index contributed by atoms with van der Waals surface area (Å²) in [7, 11) is 2.11. The van der Waals surface area contributed by atoms with Gasteiger partial charge in [-0.25, -0.2) is 0 Å². The Kier molecular flexibility index (Phi) is 2.76. The number of carbonyl (C=O) groups is 1. The Bertz CT molecular complexity index is 443. The van der Waals surface area contributed by atoms with Crippen LogP contribution >= 0.6 is 0 Å². The van der Waals surface area contributed by atoms with E-state index in [1.165, 1.54) is 0 Å². The molecule has 2 aliphatic heterocycles. The molecule has 1 N–H and O–H groups in total. The van der Waals surface area contributed by atoms with Gasteiger partial charge in [-0.15, -0.1) is 0 Å². The highest BCUT2D eigenvalue weighted by atomic mass is 16.3. The number of ketones is 1. The van der Waals surface area contributed by atoms with Crippen LogP contribution < -0.4 is 0 Å². The van der Waals surface area contributed by atoms with Crippen molar-refractivity contribution in [1.29, 1.82) is 0 Å². The summed E-state index contributed by atoms with van der Waals surface area (Å²) in [5.41, 5.74) is -0.524. The molecule has 3 nitrogen and oxygen atoms in total. The van der Waals surface area contributed by atoms with E-state index in [0.717, 1.165) is 12.8 Å². The molecule has 0 amide bonds. The van der Waals surface area contributed by atoms with Crippen molar-refractivity contribution < 1.29 is 9.90 Å². The van der Waals surface area contributed by atoms with Crippen molar-refractivity contribution in [3.05, 3.63) is 35.9 Å². The Morgan fingerprint density at radius 2 is 1.78 bits per heavy atom. The van der Waals surface area contributed by atoms with Crippen LogP contribution in [0.15, 0.2) is 30.3 Å². The summed E-state index contributed by atoms with van der Waals surface area (Å²) in [6, 6.07) is 9.89. The Morgan fingerprint density at radius 1 is 1.22 bits per heavy atom. The summed E-state index contributed by atoms with van der Waals surface area (Å²) in [5.74, 6) is -0.104. The highest BCUT2D eigenvalue weighted by Gasteiger charge is 2.49. The van der Waals surface area contributed by atoms with Crippen molar-refractivity contribution in [2.75, 3.05) is 7.05 Å². The van der Waals surface area contributed by atoms with Crippen LogP contribution in [0.5, 0.6) is 0 Å². The minimum Gasteiger partial charge on any atom is -0.382 e. The second-order valence-corrected chi connectivity index (χ2v) is 5.69. The van der Waals surface area contributed by atoms with Crippen LogP contribution in [0, 0.1) is 0 Å². The molecule has 3 heteroatoms. The molecule has 0 aliphatic carbocycles. The molecule has 2 aliphatic rings. The predicted octanol–water partition coefficient (Wildman–Crippen LogP) is 1.86. The average Bonchev–Trinajstić information content (AvgIpc) is 2.63. The minimum atomic E-state index is -1.15. The fourth-order valence-electron chi connectivity index (χ4n) is 3.49. The first kappa shape index (κ1) is 11.9. The van der Waals surface area contributed by atoms with Crippen LogP contribution in [0.2, 0.25) is 0 Å². The standard InChI is InChI=1S/C15H19NO2/c1-16-12-7-8-13(16)10-15(18,9-12)14(17)11-5-3-2-4-6-11/h2-6,12-13,18H,7-10H2,1H3. The molecule has 0 saturated carbocycles. The molecule has 18 heavy (non-hydrogen) atoms. The van der Waals surface area contributed by atoms with E-state index in [1.54, 1.807) is 12.1 Å². The van der Waals surface area contributed by atoms with Crippen molar-refractivity contribution in [3.63, 3.8) is 0 Å². The van der Waals surface area contributed by atoms with Crippen LogP contribution in [0.1, 0.15) is 36.0 Å². The summed E-state index contributed by atoms with van der Waals surface area (Å²) in [6.07, 6.45) is 3.36. The monoisotopic (exact) mass is 245 g/mol. The van der Waals surface area contributed by atoms with Gasteiger partial charge >= 0.3 is 0 Å². The number of piperidine rings is 1. The number of fused-ring (bicyclic) bond motifs is 2. The maximum atomic E-state index is 12.5. The molecular weight excluding hydrogens is 226 g/mol. The zero-order valence-corrected chi connectivity index (χ0v) is 10.7. The zero-order chi connectivity index (χ0) is 12.8. The van der Waals surface area contributed by atoms with E-state index in [4.69, 9.17) is 0 Å². The Balaban J connectivity index is 1.86. The van der Waals surface area contributed by atoms with Gasteiger partial charge in [0.2, 0.25) is 0 Å². The number of benzene rings is 1. The molecule has 3 rings (SSSR count). The highest BCUT2D eigenvalue weighted by molar-refractivity contribution is 6.02. The third kappa shape index (κ3) is 1.78. The molecule has 2 saturated heterocycles. The molecule has 2 bridgehead atoms. The first-order chi connectivity index (χ1) is 8.60. The molecule has 96 valence electrons. The lowest BCUT2D eigenvalue weighted by Crippen LogP contribution is -2.53. The fourth-order valence-corrected chi connectivity index (χ4v) is 3.49. The number of rotatable bonds is 2. The minimum absolute atomic E-state index is 0.104. The van der Waals surface area contributed by atoms with Gasteiger partial charge in [-0.05, 0) is 32.7 Å². The van der Waals surface area contributed by atoms with E-state index in [2.05, 4.69) is 11.9 Å². The van der Waals surface area contributed by atoms with E-state index in [9.17, 15) is 9.90 Å². The maximum absolute atomic E-state index is 12.5. The number of aliphatic hydroxyl groups is 1. The van der Waals surface area contributed by atoms with Gasteiger partial charge in [0.25, 0.3) is 0 Å². The Hall–Kier alpha value is -1.19. The van der Waals surface area contributed by atoms with Crippen LogP contribution in [-0.4, -0.2) is 40.5 Å². The van der Waals surface area contributed by atoms with Gasteiger partial charge < -0.3 is 10.0 Å². The van der Waals surface area contributed by atoms with Crippen molar-refractivity contribution in [2.24, 2.45) is 0 Å². The van der Waals surface area contributed by atoms with Crippen LogP contribution in [-0.2, 0) is 0 Å². The average molecular weight is 245 g/mol. The third-order valence-electron chi connectivity index (χ3n) is 4.59. The SMILES string of the molecule is CN1C2CCC1CC(O)(C(=O)c1ccccc1)C2. The fraction of sp³-hybridized carbons (Fsp3) is 0.533. The third-order valence-corrected chi connectivity index (χ3v) is 4.59. The predicted molar refractivity (Wildman–Crippen MR) is 69.5 cm³/mol. The van der Waals surface area contributed by atoms with Crippen LogP contribution in [0.3, 0.4) is 0 Å². The lowest BCUT2D eigenvalue weighted by atomic mass is 9.80. The zero-order valence-electron chi connectivity index (χ0n) is 10.7. The quantitative estimate of drug-likeness (QED) is 0.808. The molecule has 2 atom stereocenters. The number of hydrogen-bond donors (Lipinski definition) is 1. The molecule has 0 radical (unpaired) electrons. The van der Waals surface area contributed by atoms with Gasteiger partial charge in [-0.1, -0.05) is 30.3 Å². The largest absolute Gasteiger partial charge is 0.382 e. The highest BCUT2D eigenvalue weighted by Crippen LogP contribution is 2.41. The summed E-state index contributed by atoms with van der Waals surface area (Å²) in [4.78, 5) is 14.8. The van der Waals surface area contributed by atoms with Gasteiger partial charge in [0.05, 0.1) is 0 Å². The van der Waals surface area contributed by atoms with E-state index < -0.39 is 5.60 Å². The molecule has 1 aromatic carbocycles. The molecule has 2 heterocycles. The second kappa shape index (κ2) is 4.18. The lowest BCUT2D eigenvalue weighted by molar-refractivity contribution is -0.0251. The van der Waals surface area contributed by atoms with Crippen molar-refractivity contribution in [2.45, 2.75) is 43.4 Å². The van der Waals surface area contributed by atoms with Crippen molar-refractivity contribution >= 4 is 5.78 Å². The Labute approximate surface area is 107 Å². The topological polar surface area (TPSA) is 40.5 Å². The van der Waals surface area contributed by atoms with E-state index >= 15 is 0 Å². The first-order valence-electron chi connectivity index (χ1n) is 6.64. The van der Waals surface area contributed by atoms with E-state index in [-0.39, 0.29) is 5.78 Å². The van der Waals surface area contributed by atoms with Crippen LogP contribution in [0.25, 0.3) is 0 Å². The summed E-state index contributed by atoms with van der Waals surface area (Å²) >= 11 is 0. The maximum Gasteiger partial charge on any atom is 0.194 e. The van der Waals surface area contributed by atoms with E-state index in [1.807, 2.05) is 18.2 Å². The van der Waals surface area contributed by atoms with Gasteiger partial charge in [-0.3, -0.25) is 4.79 Å². The van der Waals surface area contributed by atoms with Crippen molar-refractivity contribution in [1.82, 2.24) is 4.90 Å². The van der Waals surface area contributed by atoms with Crippen molar-refractivity contribution in [3.8, 4) is 0 Å². The molecule has 0 spiro atoms. The normalized spacial score (nSPS) is 35.7. The molecule has 2 unspecified atom stereocenters. The molecule has 0 aromatic heterocycles.